The molecule has 0 atom stereocenters. The highest BCUT2D eigenvalue weighted by Gasteiger charge is 2.16. The lowest BCUT2D eigenvalue weighted by Gasteiger charge is -2.20. The molecule has 1 rings (SSSR count). The number of nitrogens with zero attached hydrogens (tertiary/aromatic N) is 1. The molecule has 0 spiro atoms. The molecule has 0 aliphatic heterocycles. The molecule has 8 heteroatoms. The van der Waals surface area contributed by atoms with Crippen LogP contribution in [0.5, 0.6) is 0 Å². The van der Waals surface area contributed by atoms with Crippen LogP contribution in [0.3, 0.4) is 0 Å². The van der Waals surface area contributed by atoms with E-state index >= 15 is 0 Å². The van der Waals surface area contributed by atoms with Crippen LogP contribution < -0.4 is 5.32 Å². The quantitative estimate of drug-likeness (QED) is 0.660. The predicted molar refractivity (Wildman–Crippen MR) is 82.9 cm³/mol. The lowest BCUT2D eigenvalue weighted by molar-refractivity contribution is -0.113. The van der Waals surface area contributed by atoms with Gasteiger partial charge in [0.05, 0.1) is 11.4 Å². The summed E-state index contributed by atoms with van der Waals surface area (Å²) in [5.41, 5.74) is -0.395. The van der Waals surface area contributed by atoms with E-state index in [0.717, 1.165) is 37.0 Å². The first-order valence-corrected chi connectivity index (χ1v) is 7.65. The van der Waals surface area contributed by atoms with Crippen molar-refractivity contribution in [2.45, 2.75) is 13.8 Å². The van der Waals surface area contributed by atoms with Crippen LogP contribution in [0, 0.1) is 17.5 Å². The zero-order valence-electron chi connectivity index (χ0n) is 11.6. The van der Waals surface area contributed by atoms with Crippen LogP contribution in [0.2, 0.25) is 0 Å². The van der Waals surface area contributed by atoms with E-state index in [9.17, 15) is 18.0 Å². The maximum absolute atomic E-state index is 13.4. The fraction of sp³-hybridized carbons (Fsp3) is 0.385. The van der Waals surface area contributed by atoms with E-state index in [1.165, 1.54) is 0 Å². The van der Waals surface area contributed by atoms with Crippen LogP contribution in [0.15, 0.2) is 12.1 Å². The van der Waals surface area contributed by atoms with Gasteiger partial charge < -0.3 is 10.2 Å². The molecule has 3 nitrogen and oxygen atoms in total. The van der Waals surface area contributed by atoms with Gasteiger partial charge in [0.2, 0.25) is 5.91 Å². The highest BCUT2D eigenvalue weighted by Crippen LogP contribution is 2.20. The Morgan fingerprint density at radius 1 is 1.24 bits per heavy atom. The molecule has 0 aromatic heterocycles. The molecule has 21 heavy (non-hydrogen) atoms. The van der Waals surface area contributed by atoms with E-state index in [-0.39, 0.29) is 5.75 Å². The van der Waals surface area contributed by atoms with Crippen molar-refractivity contribution in [2.24, 2.45) is 0 Å². The highest BCUT2D eigenvalue weighted by atomic mass is 32.2. The maximum atomic E-state index is 13.4. The minimum Gasteiger partial charge on any atom is -0.358 e. The minimum atomic E-state index is -1.61. The van der Waals surface area contributed by atoms with Gasteiger partial charge in [0, 0.05) is 13.1 Å². The summed E-state index contributed by atoms with van der Waals surface area (Å²) < 4.78 is 39.7. The number of hydrogen-bond acceptors (Lipinski definition) is 3. The van der Waals surface area contributed by atoms with Crippen LogP contribution in [-0.2, 0) is 4.79 Å². The average molecular weight is 336 g/mol. The smallest absolute Gasteiger partial charge is 0.234 e. The maximum Gasteiger partial charge on any atom is 0.234 e. The summed E-state index contributed by atoms with van der Waals surface area (Å²) in [6, 6.07) is 1.72. The number of carbonyl (C=O) groups excluding carboxylic acids is 1. The van der Waals surface area contributed by atoms with E-state index in [1.54, 1.807) is 0 Å². The number of benzene rings is 1. The molecule has 0 fully saturated rings. The first kappa shape index (κ1) is 17.8. The van der Waals surface area contributed by atoms with E-state index in [0.29, 0.717) is 4.32 Å². The van der Waals surface area contributed by atoms with Gasteiger partial charge in [0.25, 0.3) is 0 Å². The molecular formula is C13H15F3N2OS2. The van der Waals surface area contributed by atoms with Crippen LogP contribution >= 0.6 is 24.0 Å². The number of carbonyl (C=O) groups is 1. The van der Waals surface area contributed by atoms with Crippen molar-refractivity contribution in [2.75, 3.05) is 24.2 Å². The van der Waals surface area contributed by atoms with Crippen molar-refractivity contribution in [3.8, 4) is 0 Å². The van der Waals surface area contributed by atoms with Crippen molar-refractivity contribution in [1.29, 1.82) is 0 Å². The first-order valence-electron chi connectivity index (χ1n) is 6.25. The van der Waals surface area contributed by atoms with Gasteiger partial charge in [-0.1, -0.05) is 24.0 Å². The normalized spacial score (nSPS) is 10.3. The molecule has 0 saturated carbocycles. The van der Waals surface area contributed by atoms with Crippen molar-refractivity contribution >= 4 is 39.9 Å². The number of nitrogens with one attached hydrogen (secondary N) is 1. The third-order valence-electron chi connectivity index (χ3n) is 2.66. The van der Waals surface area contributed by atoms with Crippen molar-refractivity contribution in [3.05, 3.63) is 29.6 Å². The fourth-order valence-electron chi connectivity index (χ4n) is 1.51. The predicted octanol–water partition coefficient (Wildman–Crippen LogP) is 3.40. The molecule has 1 amide bonds. The average Bonchev–Trinajstić information content (AvgIpc) is 2.47. The Morgan fingerprint density at radius 3 is 2.43 bits per heavy atom. The van der Waals surface area contributed by atoms with Crippen LogP contribution in [0.1, 0.15) is 13.8 Å². The monoisotopic (exact) mass is 336 g/mol. The van der Waals surface area contributed by atoms with E-state index in [1.807, 2.05) is 18.7 Å². The second-order valence-corrected chi connectivity index (χ2v) is 5.61. The summed E-state index contributed by atoms with van der Waals surface area (Å²) >= 11 is 6.27. The Morgan fingerprint density at radius 2 is 1.86 bits per heavy atom. The topological polar surface area (TPSA) is 32.3 Å². The summed E-state index contributed by atoms with van der Waals surface area (Å²) in [6.07, 6.45) is 0. The van der Waals surface area contributed by atoms with Gasteiger partial charge in [-0.3, -0.25) is 4.79 Å². The largest absolute Gasteiger partial charge is 0.358 e. The number of anilines is 1. The summed E-state index contributed by atoms with van der Waals surface area (Å²) in [5, 5.41) is 2.19. The Labute approximate surface area is 130 Å². The van der Waals surface area contributed by atoms with Gasteiger partial charge in [-0.05, 0) is 26.0 Å². The summed E-state index contributed by atoms with van der Waals surface area (Å²) in [6.45, 7) is 5.32. The number of hydrogen-bond donors (Lipinski definition) is 1. The molecule has 0 unspecified atom stereocenters. The van der Waals surface area contributed by atoms with Crippen LogP contribution in [0.4, 0.5) is 18.9 Å². The molecular weight excluding hydrogens is 321 g/mol. The molecule has 0 aliphatic rings. The van der Waals surface area contributed by atoms with E-state index < -0.39 is 29.0 Å². The SMILES string of the molecule is CCN(CC)C(=S)SCC(=O)Nc1ccc(F)c(F)c1F. The van der Waals surface area contributed by atoms with Gasteiger partial charge in [0.1, 0.15) is 4.32 Å². The minimum absolute atomic E-state index is 0.0340. The number of halogens is 3. The standard InChI is InChI=1S/C13H15F3N2OS2/c1-3-18(4-2)13(20)21-7-10(19)17-9-6-5-8(14)11(15)12(9)16/h5-6H,3-4,7H2,1-2H3,(H,17,19). The lowest BCUT2D eigenvalue weighted by atomic mass is 10.3. The second kappa shape index (κ2) is 8.23. The Balaban J connectivity index is 2.59. The third kappa shape index (κ3) is 4.89. The molecule has 1 aromatic carbocycles. The Kier molecular flexibility index (Phi) is 6.97. The summed E-state index contributed by atoms with van der Waals surface area (Å²) in [5.74, 6) is -4.91. The molecule has 0 heterocycles. The van der Waals surface area contributed by atoms with Gasteiger partial charge in [-0.25, -0.2) is 13.2 Å². The zero-order valence-corrected chi connectivity index (χ0v) is 13.2. The van der Waals surface area contributed by atoms with Crippen molar-refractivity contribution in [1.82, 2.24) is 4.90 Å². The van der Waals surface area contributed by atoms with E-state index in [2.05, 4.69) is 5.32 Å². The van der Waals surface area contributed by atoms with Crippen molar-refractivity contribution < 1.29 is 18.0 Å². The molecule has 1 N–H and O–H groups in total. The third-order valence-corrected chi connectivity index (χ3v) is 4.18. The summed E-state index contributed by atoms with van der Waals surface area (Å²) in [4.78, 5) is 13.6. The number of rotatable bonds is 5. The highest BCUT2D eigenvalue weighted by molar-refractivity contribution is 8.23. The molecule has 0 aliphatic carbocycles. The Bertz CT molecular complexity index is 536. The molecule has 0 radical (unpaired) electrons. The molecule has 116 valence electrons. The zero-order chi connectivity index (χ0) is 16.0. The molecule has 0 saturated heterocycles. The van der Waals surface area contributed by atoms with Gasteiger partial charge >= 0.3 is 0 Å². The van der Waals surface area contributed by atoms with Gasteiger partial charge in [-0.2, -0.15) is 0 Å². The fourth-order valence-corrected chi connectivity index (χ4v) is 2.71. The number of thioether (sulfide) groups is 1. The van der Waals surface area contributed by atoms with Gasteiger partial charge in [-0.15, -0.1) is 0 Å². The van der Waals surface area contributed by atoms with Crippen LogP contribution in [-0.4, -0.2) is 34.0 Å². The van der Waals surface area contributed by atoms with Crippen molar-refractivity contribution in [3.63, 3.8) is 0 Å². The number of amides is 1. The number of thiocarbonyl (C=S) groups is 1. The Hall–Kier alpha value is -1.28. The second-order valence-electron chi connectivity index (χ2n) is 4.00. The van der Waals surface area contributed by atoms with Crippen LogP contribution in [0.25, 0.3) is 0 Å². The molecule has 0 bridgehead atoms. The van der Waals surface area contributed by atoms with Gasteiger partial charge in [0.15, 0.2) is 17.5 Å². The summed E-state index contributed by atoms with van der Waals surface area (Å²) in [7, 11) is 0. The van der Waals surface area contributed by atoms with E-state index in [4.69, 9.17) is 12.2 Å². The molecule has 1 aromatic rings. The lowest BCUT2D eigenvalue weighted by Crippen LogP contribution is -2.28. The first-order chi connectivity index (χ1) is 9.90.